The van der Waals surface area contributed by atoms with Gasteiger partial charge in [-0.15, -0.1) is 0 Å². The van der Waals surface area contributed by atoms with Crippen molar-refractivity contribution in [3.8, 4) is 0 Å². The molecule has 0 aromatic rings. The van der Waals surface area contributed by atoms with Gasteiger partial charge in [-0.2, -0.15) is 0 Å². The molecule has 0 heterocycles. The molecule has 0 aliphatic carbocycles. The molecule has 0 atom stereocenters. The van der Waals surface area contributed by atoms with Gasteiger partial charge in [0.2, 0.25) is 0 Å². The number of hydrogen-bond acceptors (Lipinski definition) is 6. The number of hydrogen-bond donors (Lipinski definition) is 0. The highest BCUT2D eigenvalue weighted by atomic mass is 31.2. The van der Waals surface area contributed by atoms with Gasteiger partial charge in [-0.1, -0.05) is 0 Å². The Morgan fingerprint density at radius 1 is 1.29 bits per heavy atom. The molecular formula is C7H13O6P. The quantitative estimate of drug-likeness (QED) is 0.386. The number of esters is 1. The molecule has 14 heavy (non-hydrogen) atoms. The molecule has 0 saturated carbocycles. The van der Waals surface area contributed by atoms with Crippen LogP contribution in [0.2, 0.25) is 0 Å². The number of phosphoric acid groups is 1. The SMILES string of the molecule is COC(=O)CC=COP(=O)(OC)OC. The van der Waals surface area contributed by atoms with Crippen LogP contribution in [0.3, 0.4) is 0 Å². The van der Waals surface area contributed by atoms with Crippen molar-refractivity contribution in [3.05, 3.63) is 12.3 Å². The zero-order valence-electron chi connectivity index (χ0n) is 8.26. The van der Waals surface area contributed by atoms with Gasteiger partial charge >= 0.3 is 13.8 Å². The Hall–Kier alpha value is -0.840. The molecule has 0 rings (SSSR count). The summed E-state index contributed by atoms with van der Waals surface area (Å²) in [6, 6.07) is 0. The Kier molecular flexibility index (Phi) is 6.19. The predicted octanol–water partition coefficient (Wildman–Crippen LogP) is 1.48. The summed E-state index contributed by atoms with van der Waals surface area (Å²) in [5.74, 6) is -0.422. The molecule has 0 unspecified atom stereocenters. The molecule has 0 amide bonds. The Morgan fingerprint density at radius 3 is 2.29 bits per heavy atom. The lowest BCUT2D eigenvalue weighted by atomic mass is 10.4. The molecule has 0 radical (unpaired) electrons. The topological polar surface area (TPSA) is 71.1 Å². The first-order valence-corrected chi connectivity index (χ1v) is 5.15. The molecule has 82 valence electrons. The second-order valence-electron chi connectivity index (χ2n) is 2.07. The van der Waals surface area contributed by atoms with Crippen molar-refractivity contribution in [2.75, 3.05) is 21.3 Å². The molecule has 0 fully saturated rings. The lowest BCUT2D eigenvalue weighted by Crippen LogP contribution is -1.97. The molecule has 0 aliphatic rings. The van der Waals surface area contributed by atoms with E-state index in [0.29, 0.717) is 0 Å². The fourth-order valence-corrected chi connectivity index (χ4v) is 1.06. The Labute approximate surface area is 82.4 Å². The van der Waals surface area contributed by atoms with E-state index in [0.717, 1.165) is 6.26 Å². The second-order valence-corrected chi connectivity index (χ2v) is 3.91. The summed E-state index contributed by atoms with van der Waals surface area (Å²) in [5.41, 5.74) is 0. The fraction of sp³-hybridized carbons (Fsp3) is 0.571. The summed E-state index contributed by atoms with van der Waals surface area (Å²) in [4.78, 5) is 10.6. The van der Waals surface area contributed by atoms with Crippen LogP contribution in [0, 0.1) is 0 Å². The van der Waals surface area contributed by atoms with Crippen molar-refractivity contribution < 1.29 is 27.7 Å². The average Bonchev–Trinajstić information content (AvgIpc) is 2.23. The third-order valence-corrected chi connectivity index (χ3v) is 2.52. The number of phosphoric ester groups is 1. The molecule has 0 spiro atoms. The molecule has 0 saturated heterocycles. The normalized spacial score (nSPS) is 11.6. The van der Waals surface area contributed by atoms with E-state index in [1.165, 1.54) is 27.4 Å². The summed E-state index contributed by atoms with van der Waals surface area (Å²) in [7, 11) is 0.167. The van der Waals surface area contributed by atoms with Crippen LogP contribution in [0.1, 0.15) is 6.42 Å². The van der Waals surface area contributed by atoms with Gasteiger partial charge in [0.15, 0.2) is 0 Å². The minimum absolute atomic E-state index is 0.0317. The number of ether oxygens (including phenoxy) is 1. The number of rotatable bonds is 6. The van der Waals surface area contributed by atoms with Gasteiger partial charge in [0.25, 0.3) is 0 Å². The maximum Gasteiger partial charge on any atom is 0.528 e. The Balaban J connectivity index is 3.92. The fourth-order valence-electron chi connectivity index (χ4n) is 0.506. The highest BCUT2D eigenvalue weighted by Crippen LogP contribution is 2.47. The summed E-state index contributed by atoms with van der Waals surface area (Å²) in [5, 5.41) is 0. The van der Waals surface area contributed by atoms with E-state index >= 15 is 0 Å². The van der Waals surface area contributed by atoms with E-state index in [1.54, 1.807) is 0 Å². The van der Waals surface area contributed by atoms with Gasteiger partial charge in [0, 0.05) is 14.2 Å². The van der Waals surface area contributed by atoms with E-state index in [2.05, 4.69) is 18.3 Å². The predicted molar refractivity (Wildman–Crippen MR) is 48.5 cm³/mol. The van der Waals surface area contributed by atoms with Crippen LogP contribution >= 0.6 is 7.82 Å². The van der Waals surface area contributed by atoms with Crippen molar-refractivity contribution in [3.63, 3.8) is 0 Å². The molecule has 0 aromatic heterocycles. The molecular weight excluding hydrogens is 211 g/mol. The summed E-state index contributed by atoms with van der Waals surface area (Å²) < 4.78 is 29.2. The highest BCUT2D eigenvalue weighted by Gasteiger charge is 2.21. The molecule has 0 bridgehead atoms. The monoisotopic (exact) mass is 224 g/mol. The van der Waals surface area contributed by atoms with E-state index in [4.69, 9.17) is 0 Å². The summed E-state index contributed by atoms with van der Waals surface area (Å²) >= 11 is 0. The van der Waals surface area contributed by atoms with Gasteiger partial charge in [0.1, 0.15) is 0 Å². The lowest BCUT2D eigenvalue weighted by Gasteiger charge is -2.10. The summed E-state index contributed by atoms with van der Waals surface area (Å²) in [6.07, 6.45) is 2.45. The highest BCUT2D eigenvalue weighted by molar-refractivity contribution is 7.48. The average molecular weight is 224 g/mol. The standard InChI is InChI=1S/C7H13O6P/c1-10-7(8)5-4-6-13-14(9,11-2)12-3/h4,6H,5H2,1-3H3. The molecule has 0 aromatic carbocycles. The molecule has 7 heteroatoms. The number of methoxy groups -OCH3 is 1. The first-order chi connectivity index (χ1) is 6.58. The molecule has 6 nitrogen and oxygen atoms in total. The van der Waals surface area contributed by atoms with Crippen LogP contribution in [0.5, 0.6) is 0 Å². The largest absolute Gasteiger partial charge is 0.528 e. The van der Waals surface area contributed by atoms with E-state index < -0.39 is 13.8 Å². The second kappa shape index (κ2) is 6.59. The summed E-state index contributed by atoms with van der Waals surface area (Å²) in [6.45, 7) is 0. The lowest BCUT2D eigenvalue weighted by molar-refractivity contribution is -0.139. The maximum atomic E-state index is 11.2. The molecule has 0 N–H and O–H groups in total. The van der Waals surface area contributed by atoms with Crippen LogP contribution in [-0.2, 0) is 27.7 Å². The number of carbonyl (C=O) groups excluding carboxylic acids is 1. The van der Waals surface area contributed by atoms with Gasteiger partial charge < -0.3 is 9.26 Å². The van der Waals surface area contributed by atoms with Crippen LogP contribution in [-0.4, -0.2) is 27.3 Å². The van der Waals surface area contributed by atoms with Gasteiger partial charge in [-0.25, -0.2) is 4.57 Å². The first-order valence-electron chi connectivity index (χ1n) is 3.69. The third kappa shape index (κ3) is 5.01. The third-order valence-electron chi connectivity index (χ3n) is 1.25. The van der Waals surface area contributed by atoms with E-state index in [9.17, 15) is 9.36 Å². The van der Waals surface area contributed by atoms with Crippen molar-refractivity contribution >= 4 is 13.8 Å². The van der Waals surface area contributed by atoms with Gasteiger partial charge in [-0.05, 0) is 6.08 Å². The van der Waals surface area contributed by atoms with Crippen LogP contribution < -0.4 is 0 Å². The van der Waals surface area contributed by atoms with Crippen LogP contribution in [0.15, 0.2) is 12.3 Å². The minimum Gasteiger partial charge on any atom is -0.469 e. The number of carbonyl (C=O) groups is 1. The van der Waals surface area contributed by atoms with Gasteiger partial charge in [-0.3, -0.25) is 13.8 Å². The smallest absolute Gasteiger partial charge is 0.469 e. The van der Waals surface area contributed by atoms with E-state index in [1.807, 2.05) is 0 Å². The van der Waals surface area contributed by atoms with Crippen molar-refractivity contribution in [2.45, 2.75) is 6.42 Å². The zero-order chi connectivity index (χ0) is 11.0. The van der Waals surface area contributed by atoms with Crippen molar-refractivity contribution in [1.82, 2.24) is 0 Å². The molecule has 0 aliphatic heterocycles. The van der Waals surface area contributed by atoms with Crippen molar-refractivity contribution in [1.29, 1.82) is 0 Å². The van der Waals surface area contributed by atoms with Gasteiger partial charge in [0.05, 0.1) is 19.8 Å². The minimum atomic E-state index is -3.49. The van der Waals surface area contributed by atoms with E-state index in [-0.39, 0.29) is 6.42 Å². The van der Waals surface area contributed by atoms with Crippen molar-refractivity contribution in [2.24, 2.45) is 0 Å². The van der Waals surface area contributed by atoms with Crippen LogP contribution in [0.4, 0.5) is 0 Å². The maximum absolute atomic E-state index is 11.2. The zero-order valence-corrected chi connectivity index (χ0v) is 9.15. The Morgan fingerprint density at radius 2 is 1.86 bits per heavy atom. The first kappa shape index (κ1) is 13.2. The Bertz CT molecular complexity index is 241. The van der Waals surface area contributed by atoms with Crippen LogP contribution in [0.25, 0.3) is 0 Å².